The standard InChI is InChI=1S/C17H13FN4O2/c1-22-10-19-14-8-11(2-7-15(14)22)17-20-16(24-21-17)9-23-13-5-3-12(18)4-6-13/h2-8,10H,9H2,1H3. The first-order valence-electron chi connectivity index (χ1n) is 7.31. The molecule has 0 aliphatic rings. The quantitative estimate of drug-likeness (QED) is 0.576. The Morgan fingerprint density at radius 1 is 1.17 bits per heavy atom. The highest BCUT2D eigenvalue weighted by Crippen LogP contribution is 2.22. The Morgan fingerprint density at radius 3 is 2.83 bits per heavy atom. The maximum absolute atomic E-state index is 12.9. The summed E-state index contributed by atoms with van der Waals surface area (Å²) in [5.41, 5.74) is 2.71. The van der Waals surface area contributed by atoms with E-state index >= 15 is 0 Å². The van der Waals surface area contributed by atoms with E-state index in [4.69, 9.17) is 9.26 Å². The number of imidazole rings is 1. The van der Waals surface area contributed by atoms with Crippen molar-refractivity contribution in [2.45, 2.75) is 6.61 Å². The van der Waals surface area contributed by atoms with Crippen LogP contribution in [0.5, 0.6) is 5.75 Å². The fourth-order valence-electron chi connectivity index (χ4n) is 2.38. The minimum atomic E-state index is -0.313. The maximum atomic E-state index is 12.9. The molecule has 2 heterocycles. The number of rotatable bonds is 4. The lowest BCUT2D eigenvalue weighted by Crippen LogP contribution is -1.95. The fraction of sp³-hybridized carbons (Fsp3) is 0.118. The molecule has 0 amide bonds. The second-order valence-corrected chi connectivity index (χ2v) is 5.31. The molecule has 0 saturated heterocycles. The number of hydrogen-bond acceptors (Lipinski definition) is 5. The van der Waals surface area contributed by atoms with Crippen LogP contribution in [0, 0.1) is 5.82 Å². The minimum absolute atomic E-state index is 0.116. The summed E-state index contributed by atoms with van der Waals surface area (Å²) >= 11 is 0. The molecule has 0 bridgehead atoms. The molecular formula is C17H13FN4O2. The Balaban J connectivity index is 1.51. The zero-order chi connectivity index (χ0) is 16.5. The van der Waals surface area contributed by atoms with Gasteiger partial charge in [-0.05, 0) is 42.5 Å². The molecular weight excluding hydrogens is 311 g/mol. The highest BCUT2D eigenvalue weighted by molar-refractivity contribution is 5.80. The Labute approximate surface area is 136 Å². The van der Waals surface area contributed by atoms with Crippen LogP contribution in [0.1, 0.15) is 5.89 Å². The molecule has 0 radical (unpaired) electrons. The molecule has 2 aromatic carbocycles. The van der Waals surface area contributed by atoms with Gasteiger partial charge in [0, 0.05) is 12.6 Å². The first-order valence-corrected chi connectivity index (χ1v) is 7.31. The summed E-state index contributed by atoms with van der Waals surface area (Å²) in [6.45, 7) is 0.116. The molecule has 7 heteroatoms. The number of fused-ring (bicyclic) bond motifs is 1. The summed E-state index contributed by atoms with van der Waals surface area (Å²) in [5.74, 6) is 1.04. The normalized spacial score (nSPS) is 11.1. The maximum Gasteiger partial charge on any atom is 0.264 e. The molecule has 0 aliphatic heterocycles. The van der Waals surface area contributed by atoms with Crippen LogP contribution in [0.2, 0.25) is 0 Å². The molecule has 0 fully saturated rings. The minimum Gasteiger partial charge on any atom is -0.484 e. The third kappa shape index (κ3) is 2.71. The summed E-state index contributed by atoms with van der Waals surface area (Å²) in [5, 5.41) is 3.97. The van der Waals surface area contributed by atoms with Gasteiger partial charge < -0.3 is 13.8 Å². The van der Waals surface area contributed by atoms with Crippen molar-refractivity contribution in [2.75, 3.05) is 0 Å². The molecule has 4 aromatic rings. The zero-order valence-electron chi connectivity index (χ0n) is 12.8. The number of benzene rings is 2. The number of aryl methyl sites for hydroxylation is 1. The van der Waals surface area contributed by atoms with E-state index in [2.05, 4.69) is 15.1 Å². The molecule has 120 valence electrons. The van der Waals surface area contributed by atoms with Crippen molar-refractivity contribution in [3.05, 3.63) is 60.5 Å². The number of nitrogens with zero attached hydrogens (tertiary/aromatic N) is 4. The Hall–Kier alpha value is -3.22. The van der Waals surface area contributed by atoms with Crippen molar-refractivity contribution in [2.24, 2.45) is 7.05 Å². The van der Waals surface area contributed by atoms with Crippen LogP contribution in [-0.4, -0.2) is 19.7 Å². The molecule has 0 saturated carbocycles. The largest absolute Gasteiger partial charge is 0.484 e. The first kappa shape index (κ1) is 14.4. The Bertz CT molecular complexity index is 991. The van der Waals surface area contributed by atoms with Crippen LogP contribution in [-0.2, 0) is 13.7 Å². The van der Waals surface area contributed by atoms with E-state index in [9.17, 15) is 4.39 Å². The number of halogens is 1. The molecule has 0 atom stereocenters. The van der Waals surface area contributed by atoms with E-state index < -0.39 is 0 Å². The van der Waals surface area contributed by atoms with Gasteiger partial charge in [0.15, 0.2) is 6.61 Å². The second kappa shape index (κ2) is 5.77. The van der Waals surface area contributed by atoms with Crippen molar-refractivity contribution >= 4 is 11.0 Å². The smallest absolute Gasteiger partial charge is 0.264 e. The van der Waals surface area contributed by atoms with E-state index in [1.54, 1.807) is 18.5 Å². The van der Waals surface area contributed by atoms with Crippen LogP contribution < -0.4 is 4.74 Å². The van der Waals surface area contributed by atoms with Gasteiger partial charge in [-0.15, -0.1) is 0 Å². The van der Waals surface area contributed by atoms with Gasteiger partial charge in [0.1, 0.15) is 11.6 Å². The predicted octanol–water partition coefficient (Wildman–Crippen LogP) is 3.34. The Kier molecular flexibility index (Phi) is 3.45. The third-order valence-electron chi connectivity index (χ3n) is 3.63. The SMILES string of the molecule is Cn1cnc2cc(-c3noc(COc4ccc(F)cc4)n3)ccc21. The molecule has 0 aliphatic carbocycles. The number of aromatic nitrogens is 4. The zero-order valence-corrected chi connectivity index (χ0v) is 12.8. The lowest BCUT2D eigenvalue weighted by Gasteiger charge is -2.01. The molecule has 24 heavy (non-hydrogen) atoms. The average Bonchev–Trinajstić information content (AvgIpc) is 3.21. The van der Waals surface area contributed by atoms with Crippen LogP contribution >= 0.6 is 0 Å². The molecule has 6 nitrogen and oxygen atoms in total. The van der Waals surface area contributed by atoms with E-state index in [0.29, 0.717) is 17.5 Å². The first-order chi connectivity index (χ1) is 11.7. The van der Waals surface area contributed by atoms with Crippen molar-refractivity contribution in [1.82, 2.24) is 19.7 Å². The van der Waals surface area contributed by atoms with Crippen LogP contribution in [0.15, 0.2) is 53.3 Å². The lowest BCUT2D eigenvalue weighted by atomic mass is 10.2. The molecule has 2 aromatic heterocycles. The second-order valence-electron chi connectivity index (χ2n) is 5.31. The van der Waals surface area contributed by atoms with Crippen LogP contribution in [0.25, 0.3) is 22.4 Å². The van der Waals surface area contributed by atoms with Gasteiger partial charge in [0.2, 0.25) is 5.82 Å². The highest BCUT2D eigenvalue weighted by atomic mass is 19.1. The van der Waals surface area contributed by atoms with Crippen molar-refractivity contribution in [3.63, 3.8) is 0 Å². The summed E-state index contributed by atoms with van der Waals surface area (Å²) in [4.78, 5) is 8.63. The number of ether oxygens (including phenoxy) is 1. The van der Waals surface area contributed by atoms with E-state index in [0.717, 1.165) is 16.6 Å². The van der Waals surface area contributed by atoms with Crippen molar-refractivity contribution in [1.29, 1.82) is 0 Å². The number of hydrogen-bond donors (Lipinski definition) is 0. The summed E-state index contributed by atoms with van der Waals surface area (Å²) < 4.78 is 25.5. The Morgan fingerprint density at radius 2 is 2.00 bits per heavy atom. The lowest BCUT2D eigenvalue weighted by molar-refractivity contribution is 0.242. The van der Waals surface area contributed by atoms with Gasteiger partial charge in [-0.1, -0.05) is 5.16 Å². The summed E-state index contributed by atoms with van der Waals surface area (Å²) in [6, 6.07) is 11.5. The average molecular weight is 324 g/mol. The van der Waals surface area contributed by atoms with E-state index in [1.807, 2.05) is 29.8 Å². The third-order valence-corrected chi connectivity index (χ3v) is 3.63. The summed E-state index contributed by atoms with van der Waals surface area (Å²) in [6.07, 6.45) is 1.76. The molecule has 0 spiro atoms. The predicted molar refractivity (Wildman–Crippen MR) is 84.7 cm³/mol. The van der Waals surface area contributed by atoms with Crippen molar-refractivity contribution in [3.8, 4) is 17.1 Å². The van der Waals surface area contributed by atoms with E-state index in [-0.39, 0.29) is 12.4 Å². The monoisotopic (exact) mass is 324 g/mol. The molecule has 0 N–H and O–H groups in total. The molecule has 4 rings (SSSR count). The van der Waals surface area contributed by atoms with Gasteiger partial charge in [-0.3, -0.25) is 0 Å². The van der Waals surface area contributed by atoms with Gasteiger partial charge in [0.25, 0.3) is 5.89 Å². The van der Waals surface area contributed by atoms with Gasteiger partial charge in [-0.25, -0.2) is 9.37 Å². The van der Waals surface area contributed by atoms with Crippen LogP contribution in [0.4, 0.5) is 4.39 Å². The topological polar surface area (TPSA) is 66.0 Å². The summed E-state index contributed by atoms with van der Waals surface area (Å²) in [7, 11) is 1.94. The highest BCUT2D eigenvalue weighted by Gasteiger charge is 2.11. The van der Waals surface area contributed by atoms with Gasteiger partial charge >= 0.3 is 0 Å². The van der Waals surface area contributed by atoms with Gasteiger partial charge in [0.05, 0.1) is 17.4 Å². The van der Waals surface area contributed by atoms with Crippen molar-refractivity contribution < 1.29 is 13.7 Å². The molecule has 0 unspecified atom stereocenters. The van der Waals surface area contributed by atoms with E-state index in [1.165, 1.54) is 12.1 Å². The van der Waals surface area contributed by atoms with Gasteiger partial charge in [-0.2, -0.15) is 4.98 Å². The fourth-order valence-corrected chi connectivity index (χ4v) is 2.38. The van der Waals surface area contributed by atoms with Crippen LogP contribution in [0.3, 0.4) is 0 Å².